The van der Waals surface area contributed by atoms with E-state index >= 15 is 0 Å². The first-order valence-electron chi connectivity index (χ1n) is 6.01. The van der Waals surface area contributed by atoms with Gasteiger partial charge in [-0.05, 0) is 53.0 Å². The molecule has 1 aromatic rings. The lowest BCUT2D eigenvalue weighted by molar-refractivity contribution is 0.387. The summed E-state index contributed by atoms with van der Waals surface area (Å²) in [5.41, 5.74) is 12.7. The van der Waals surface area contributed by atoms with Gasteiger partial charge >= 0.3 is 0 Å². The molecule has 0 radical (unpaired) electrons. The molecule has 6 heteroatoms. The molecule has 0 unspecified atom stereocenters. The minimum Gasteiger partial charge on any atom is -0.495 e. The van der Waals surface area contributed by atoms with Crippen molar-refractivity contribution in [1.29, 1.82) is 0 Å². The van der Waals surface area contributed by atoms with E-state index in [1.165, 1.54) is 0 Å². The summed E-state index contributed by atoms with van der Waals surface area (Å²) in [5.74, 6) is 1.47. The van der Waals surface area contributed by atoms with Gasteiger partial charge in [0.15, 0.2) is 0 Å². The monoisotopic (exact) mass is 352 g/mol. The number of ether oxygens (including phenoxy) is 2. The molecule has 0 aliphatic rings. The number of halogens is 2. The van der Waals surface area contributed by atoms with Gasteiger partial charge < -0.3 is 20.9 Å². The van der Waals surface area contributed by atoms with Gasteiger partial charge in [0.2, 0.25) is 0 Å². The average molecular weight is 354 g/mol. The minimum atomic E-state index is -0.0209. The highest BCUT2D eigenvalue weighted by Crippen LogP contribution is 2.37. The van der Waals surface area contributed by atoms with Gasteiger partial charge in [-0.1, -0.05) is 6.42 Å². The maximum Gasteiger partial charge on any atom is 0.137 e. The van der Waals surface area contributed by atoms with E-state index in [1.807, 2.05) is 12.1 Å². The fourth-order valence-corrected chi connectivity index (χ4v) is 2.33. The molecule has 110 valence electrons. The lowest BCUT2D eigenvalue weighted by Gasteiger charge is -2.16. The van der Waals surface area contributed by atoms with E-state index < -0.39 is 0 Å². The summed E-state index contributed by atoms with van der Waals surface area (Å²) in [5, 5.41) is 0. The van der Waals surface area contributed by atoms with Gasteiger partial charge in [-0.3, -0.25) is 0 Å². The van der Waals surface area contributed by atoms with E-state index in [0.717, 1.165) is 40.8 Å². The molecule has 1 aromatic carbocycles. The van der Waals surface area contributed by atoms with E-state index in [4.69, 9.17) is 20.9 Å². The Kier molecular flexibility index (Phi) is 9.18. The molecule has 0 saturated heterocycles. The number of hydrogen-bond donors (Lipinski definition) is 2. The maximum atomic E-state index is 6.17. The molecule has 0 aliphatic carbocycles. The molecule has 0 saturated carbocycles. The SMILES string of the molecule is COc1cc([C@H](N)CCCCN)cc(OC)c1Br.Cl. The van der Waals surface area contributed by atoms with Crippen LogP contribution in [0.4, 0.5) is 0 Å². The molecule has 0 aliphatic heterocycles. The lowest BCUT2D eigenvalue weighted by Crippen LogP contribution is -2.11. The fourth-order valence-electron chi connectivity index (χ4n) is 1.78. The van der Waals surface area contributed by atoms with Gasteiger partial charge in [0.05, 0.1) is 14.2 Å². The van der Waals surface area contributed by atoms with Crippen LogP contribution in [0.3, 0.4) is 0 Å². The van der Waals surface area contributed by atoms with Crippen LogP contribution in [0.15, 0.2) is 16.6 Å². The van der Waals surface area contributed by atoms with Gasteiger partial charge in [0.1, 0.15) is 16.0 Å². The standard InChI is InChI=1S/C13H21BrN2O2.ClH/c1-17-11-7-9(8-12(18-2)13(11)14)10(16)5-3-4-6-15;/h7-8,10H,3-6,15-16H2,1-2H3;1H/t10-;/m1./s1. The Hall–Kier alpha value is -0.490. The van der Waals surface area contributed by atoms with Crippen LogP contribution < -0.4 is 20.9 Å². The Bertz CT molecular complexity index is 366. The summed E-state index contributed by atoms with van der Waals surface area (Å²) in [4.78, 5) is 0. The number of methoxy groups -OCH3 is 2. The number of benzene rings is 1. The topological polar surface area (TPSA) is 70.5 Å². The summed E-state index contributed by atoms with van der Waals surface area (Å²) in [7, 11) is 3.26. The fraction of sp³-hybridized carbons (Fsp3) is 0.538. The molecular formula is C13H22BrClN2O2. The first-order chi connectivity index (χ1) is 8.63. The largest absolute Gasteiger partial charge is 0.495 e. The zero-order valence-electron chi connectivity index (χ0n) is 11.3. The van der Waals surface area contributed by atoms with Crippen molar-refractivity contribution in [1.82, 2.24) is 0 Å². The van der Waals surface area contributed by atoms with Crippen LogP contribution in [0.2, 0.25) is 0 Å². The summed E-state index contributed by atoms with van der Waals surface area (Å²) >= 11 is 3.44. The highest BCUT2D eigenvalue weighted by atomic mass is 79.9. The second kappa shape index (κ2) is 9.42. The molecule has 0 bridgehead atoms. The Balaban J connectivity index is 0.00000324. The first kappa shape index (κ1) is 18.5. The normalized spacial score (nSPS) is 11.6. The Morgan fingerprint density at radius 3 is 2.11 bits per heavy atom. The Morgan fingerprint density at radius 1 is 1.16 bits per heavy atom. The van der Waals surface area contributed by atoms with Crippen LogP contribution in [0.1, 0.15) is 30.9 Å². The highest BCUT2D eigenvalue weighted by Gasteiger charge is 2.14. The molecule has 0 spiro atoms. The van der Waals surface area contributed by atoms with Gasteiger partial charge in [-0.2, -0.15) is 0 Å². The third-order valence-corrected chi connectivity index (χ3v) is 3.65. The molecule has 4 nitrogen and oxygen atoms in total. The highest BCUT2D eigenvalue weighted by molar-refractivity contribution is 9.10. The molecular weight excluding hydrogens is 332 g/mol. The molecule has 1 rings (SSSR count). The van der Waals surface area contributed by atoms with Gasteiger partial charge in [0.25, 0.3) is 0 Å². The van der Waals surface area contributed by atoms with Crippen LogP contribution in [0.25, 0.3) is 0 Å². The molecule has 0 amide bonds. The van der Waals surface area contributed by atoms with Crippen LogP contribution >= 0.6 is 28.3 Å². The lowest BCUT2D eigenvalue weighted by atomic mass is 10.0. The summed E-state index contributed by atoms with van der Waals surface area (Å²) in [6.45, 7) is 0.708. The van der Waals surface area contributed by atoms with E-state index in [0.29, 0.717) is 6.54 Å². The van der Waals surface area contributed by atoms with Gasteiger partial charge in [0, 0.05) is 6.04 Å². The van der Waals surface area contributed by atoms with Crippen molar-refractivity contribution < 1.29 is 9.47 Å². The van der Waals surface area contributed by atoms with Crippen molar-refractivity contribution in [3.8, 4) is 11.5 Å². The second-order valence-electron chi connectivity index (χ2n) is 4.13. The molecule has 0 aromatic heterocycles. The van der Waals surface area contributed by atoms with Crippen LogP contribution in [-0.4, -0.2) is 20.8 Å². The molecule has 19 heavy (non-hydrogen) atoms. The predicted molar refractivity (Wildman–Crippen MR) is 84.3 cm³/mol. The van der Waals surface area contributed by atoms with Crippen LogP contribution in [-0.2, 0) is 0 Å². The molecule has 1 atom stereocenters. The average Bonchev–Trinajstić information content (AvgIpc) is 2.39. The van der Waals surface area contributed by atoms with Gasteiger partial charge in [-0.15, -0.1) is 12.4 Å². The number of unbranched alkanes of at least 4 members (excludes halogenated alkanes) is 1. The summed E-state index contributed by atoms with van der Waals surface area (Å²) in [6.07, 6.45) is 2.93. The van der Waals surface area contributed by atoms with Crippen LogP contribution in [0.5, 0.6) is 11.5 Å². The first-order valence-corrected chi connectivity index (χ1v) is 6.80. The third kappa shape index (κ3) is 5.18. The van der Waals surface area contributed by atoms with Gasteiger partial charge in [-0.25, -0.2) is 0 Å². The van der Waals surface area contributed by atoms with E-state index in [1.54, 1.807) is 14.2 Å². The smallest absolute Gasteiger partial charge is 0.137 e. The zero-order chi connectivity index (χ0) is 13.5. The number of nitrogens with two attached hydrogens (primary N) is 2. The van der Waals surface area contributed by atoms with Crippen molar-refractivity contribution in [2.75, 3.05) is 20.8 Å². The summed E-state index contributed by atoms with van der Waals surface area (Å²) < 4.78 is 11.4. The predicted octanol–water partition coefficient (Wildman–Crippen LogP) is 3.02. The van der Waals surface area contributed by atoms with E-state index in [-0.39, 0.29) is 18.4 Å². The van der Waals surface area contributed by atoms with Crippen LogP contribution in [0, 0.1) is 0 Å². The van der Waals surface area contributed by atoms with E-state index in [9.17, 15) is 0 Å². The minimum absolute atomic E-state index is 0. The van der Waals surface area contributed by atoms with Crippen molar-refractivity contribution >= 4 is 28.3 Å². The zero-order valence-corrected chi connectivity index (χ0v) is 13.7. The quantitative estimate of drug-likeness (QED) is 0.739. The van der Waals surface area contributed by atoms with Crippen molar-refractivity contribution in [2.45, 2.75) is 25.3 Å². The molecule has 4 N–H and O–H groups in total. The van der Waals surface area contributed by atoms with Crippen molar-refractivity contribution in [3.05, 3.63) is 22.2 Å². The second-order valence-corrected chi connectivity index (χ2v) is 4.92. The third-order valence-electron chi connectivity index (χ3n) is 2.87. The Labute approximate surface area is 129 Å². The maximum absolute atomic E-state index is 6.17. The molecule has 0 fully saturated rings. The summed E-state index contributed by atoms with van der Waals surface area (Å²) in [6, 6.07) is 3.87. The Morgan fingerprint density at radius 2 is 1.68 bits per heavy atom. The van der Waals surface area contributed by atoms with Crippen molar-refractivity contribution in [3.63, 3.8) is 0 Å². The van der Waals surface area contributed by atoms with Crippen molar-refractivity contribution in [2.24, 2.45) is 11.5 Å². The van der Waals surface area contributed by atoms with E-state index in [2.05, 4.69) is 15.9 Å². The number of hydrogen-bond acceptors (Lipinski definition) is 4. The number of rotatable bonds is 7. The molecule has 0 heterocycles.